The predicted octanol–water partition coefficient (Wildman–Crippen LogP) is 2.63. The average molecular weight is 281 g/mol. The van der Waals surface area contributed by atoms with Gasteiger partial charge in [-0.2, -0.15) is 4.99 Å². The molecule has 0 saturated carbocycles. The Hall–Kier alpha value is -2.62. The van der Waals surface area contributed by atoms with Crippen LogP contribution >= 0.6 is 0 Å². The molecule has 21 heavy (non-hydrogen) atoms. The van der Waals surface area contributed by atoms with Gasteiger partial charge in [-0.1, -0.05) is 30.3 Å². The maximum atomic E-state index is 12.1. The van der Waals surface area contributed by atoms with Gasteiger partial charge in [0.15, 0.2) is 0 Å². The lowest BCUT2D eigenvalue weighted by Crippen LogP contribution is -2.18. The van der Waals surface area contributed by atoms with E-state index in [0.717, 1.165) is 16.7 Å². The molecule has 4 heteroatoms. The number of aliphatic imine (C=N–C) groups is 1. The van der Waals surface area contributed by atoms with Crippen LogP contribution < -0.4 is 11.5 Å². The van der Waals surface area contributed by atoms with Crippen LogP contribution in [0.5, 0.6) is 0 Å². The molecule has 0 unspecified atom stereocenters. The molecule has 0 atom stereocenters. The third kappa shape index (κ3) is 3.69. The summed E-state index contributed by atoms with van der Waals surface area (Å²) in [6.07, 6.45) is 0.458. The SMILES string of the molecule is Cc1ccc(C(=O)N=C(N)Cc2ccccc2C)cc1N. The molecule has 0 fully saturated rings. The largest absolute Gasteiger partial charge is 0.398 e. The maximum Gasteiger partial charge on any atom is 0.278 e. The molecule has 4 N–H and O–H groups in total. The Morgan fingerprint density at radius 2 is 1.81 bits per heavy atom. The molecule has 0 spiro atoms. The first-order valence-corrected chi connectivity index (χ1v) is 6.75. The molecule has 2 rings (SSSR count). The zero-order valence-corrected chi connectivity index (χ0v) is 12.3. The molecule has 0 aliphatic heterocycles. The van der Waals surface area contributed by atoms with Crippen LogP contribution in [0.2, 0.25) is 0 Å². The first-order chi connectivity index (χ1) is 9.97. The number of hydrogen-bond donors (Lipinski definition) is 2. The average Bonchev–Trinajstić information content (AvgIpc) is 2.44. The molecule has 0 saturated heterocycles. The zero-order valence-electron chi connectivity index (χ0n) is 12.3. The van der Waals surface area contributed by atoms with Gasteiger partial charge in [-0.15, -0.1) is 0 Å². The first kappa shape index (κ1) is 14.8. The molecule has 0 bridgehead atoms. The standard InChI is InChI=1S/C17H19N3O/c1-11-5-3-4-6-13(11)10-16(19)20-17(21)14-8-7-12(2)15(18)9-14/h3-9H,10,18H2,1-2H3,(H2,19,20,21). The number of anilines is 1. The van der Waals surface area contributed by atoms with Crippen LogP contribution in [0.1, 0.15) is 27.0 Å². The topological polar surface area (TPSA) is 81.5 Å². The number of amides is 1. The fourth-order valence-electron chi connectivity index (χ4n) is 2.01. The van der Waals surface area contributed by atoms with Crippen molar-refractivity contribution >= 4 is 17.4 Å². The number of benzene rings is 2. The highest BCUT2D eigenvalue weighted by Crippen LogP contribution is 2.14. The Kier molecular flexibility index (Phi) is 4.38. The van der Waals surface area contributed by atoms with Gasteiger partial charge in [-0.25, -0.2) is 0 Å². The van der Waals surface area contributed by atoms with E-state index in [0.29, 0.717) is 23.5 Å². The zero-order chi connectivity index (χ0) is 15.4. The van der Waals surface area contributed by atoms with Crippen molar-refractivity contribution in [3.8, 4) is 0 Å². The summed E-state index contributed by atoms with van der Waals surface area (Å²) in [5.74, 6) is -0.0683. The number of aryl methyl sites for hydroxylation is 2. The minimum Gasteiger partial charge on any atom is -0.398 e. The highest BCUT2D eigenvalue weighted by Gasteiger charge is 2.08. The Labute approximate surface area is 124 Å². The van der Waals surface area contributed by atoms with Crippen molar-refractivity contribution in [1.29, 1.82) is 0 Å². The molecule has 4 nitrogen and oxygen atoms in total. The lowest BCUT2D eigenvalue weighted by Gasteiger charge is -2.05. The molecule has 108 valence electrons. The molecule has 0 aromatic heterocycles. The third-order valence-corrected chi connectivity index (χ3v) is 3.40. The number of hydrogen-bond acceptors (Lipinski definition) is 2. The minimum atomic E-state index is -0.368. The Balaban J connectivity index is 2.16. The number of carbonyl (C=O) groups excluding carboxylic acids is 1. The smallest absolute Gasteiger partial charge is 0.278 e. The first-order valence-electron chi connectivity index (χ1n) is 6.75. The van der Waals surface area contributed by atoms with Crippen molar-refractivity contribution in [3.05, 3.63) is 64.7 Å². The van der Waals surface area contributed by atoms with Crippen LogP contribution in [0.4, 0.5) is 5.69 Å². The number of nitrogens with two attached hydrogens (primary N) is 2. The van der Waals surface area contributed by atoms with E-state index >= 15 is 0 Å². The van der Waals surface area contributed by atoms with E-state index < -0.39 is 0 Å². The summed E-state index contributed by atoms with van der Waals surface area (Å²) in [5.41, 5.74) is 15.8. The molecular formula is C17H19N3O. The number of amidine groups is 1. The monoisotopic (exact) mass is 281 g/mol. The van der Waals surface area contributed by atoms with Gasteiger partial charge >= 0.3 is 0 Å². The summed E-state index contributed by atoms with van der Waals surface area (Å²) >= 11 is 0. The molecular weight excluding hydrogens is 262 g/mol. The predicted molar refractivity (Wildman–Crippen MR) is 86.4 cm³/mol. The fraction of sp³-hybridized carbons (Fsp3) is 0.176. The summed E-state index contributed by atoms with van der Waals surface area (Å²) in [7, 11) is 0. The van der Waals surface area contributed by atoms with Gasteiger partial charge in [-0.05, 0) is 42.7 Å². The van der Waals surface area contributed by atoms with Gasteiger partial charge in [0.2, 0.25) is 0 Å². The summed E-state index contributed by atoms with van der Waals surface area (Å²) in [5, 5.41) is 0. The van der Waals surface area contributed by atoms with Crippen molar-refractivity contribution in [2.24, 2.45) is 10.7 Å². The Morgan fingerprint density at radius 1 is 1.10 bits per heavy atom. The van der Waals surface area contributed by atoms with Crippen LogP contribution in [0, 0.1) is 13.8 Å². The normalized spacial score (nSPS) is 11.4. The van der Waals surface area contributed by atoms with Gasteiger partial charge in [0.05, 0.1) is 0 Å². The number of carbonyl (C=O) groups is 1. The van der Waals surface area contributed by atoms with Crippen molar-refractivity contribution in [3.63, 3.8) is 0 Å². The summed E-state index contributed by atoms with van der Waals surface area (Å²) in [6, 6.07) is 13.0. The van der Waals surface area contributed by atoms with E-state index in [1.807, 2.05) is 38.1 Å². The van der Waals surface area contributed by atoms with Crippen molar-refractivity contribution in [2.75, 3.05) is 5.73 Å². The third-order valence-electron chi connectivity index (χ3n) is 3.40. The quantitative estimate of drug-likeness (QED) is 0.515. The van der Waals surface area contributed by atoms with Gasteiger partial charge in [0.1, 0.15) is 5.84 Å². The van der Waals surface area contributed by atoms with Gasteiger partial charge in [0.25, 0.3) is 5.91 Å². The second-order valence-electron chi connectivity index (χ2n) is 5.08. The highest BCUT2D eigenvalue weighted by atomic mass is 16.1. The van der Waals surface area contributed by atoms with Crippen molar-refractivity contribution < 1.29 is 4.79 Å². The van der Waals surface area contributed by atoms with E-state index in [4.69, 9.17) is 11.5 Å². The molecule has 0 aliphatic rings. The minimum absolute atomic E-state index is 0.299. The van der Waals surface area contributed by atoms with Gasteiger partial charge in [0, 0.05) is 17.7 Å². The molecule has 0 aliphatic carbocycles. The van der Waals surface area contributed by atoms with Crippen LogP contribution in [0.3, 0.4) is 0 Å². The number of nitrogens with zero attached hydrogens (tertiary/aromatic N) is 1. The second kappa shape index (κ2) is 6.22. The van der Waals surface area contributed by atoms with E-state index in [1.54, 1.807) is 18.2 Å². The lowest BCUT2D eigenvalue weighted by atomic mass is 10.1. The van der Waals surface area contributed by atoms with Crippen molar-refractivity contribution in [1.82, 2.24) is 0 Å². The van der Waals surface area contributed by atoms with Gasteiger partial charge < -0.3 is 11.5 Å². The van der Waals surface area contributed by atoms with Crippen molar-refractivity contribution in [2.45, 2.75) is 20.3 Å². The summed E-state index contributed by atoms with van der Waals surface area (Å²) < 4.78 is 0. The molecule has 2 aromatic carbocycles. The van der Waals surface area contributed by atoms with Crippen LogP contribution in [0.25, 0.3) is 0 Å². The van der Waals surface area contributed by atoms with Crippen LogP contribution in [-0.4, -0.2) is 11.7 Å². The Bertz CT molecular complexity index is 705. The van der Waals surface area contributed by atoms with E-state index in [9.17, 15) is 4.79 Å². The fourth-order valence-corrected chi connectivity index (χ4v) is 2.01. The number of rotatable bonds is 3. The summed E-state index contributed by atoms with van der Waals surface area (Å²) in [6.45, 7) is 3.89. The Morgan fingerprint density at radius 3 is 2.48 bits per heavy atom. The highest BCUT2D eigenvalue weighted by molar-refractivity contribution is 6.03. The van der Waals surface area contributed by atoms with E-state index in [2.05, 4.69) is 4.99 Å². The summed E-state index contributed by atoms with van der Waals surface area (Å²) in [4.78, 5) is 16.0. The lowest BCUT2D eigenvalue weighted by molar-refractivity contribution is 0.100. The van der Waals surface area contributed by atoms with Crippen LogP contribution in [0.15, 0.2) is 47.5 Å². The molecule has 2 aromatic rings. The second-order valence-corrected chi connectivity index (χ2v) is 5.08. The van der Waals surface area contributed by atoms with Crippen LogP contribution in [-0.2, 0) is 6.42 Å². The molecule has 0 radical (unpaired) electrons. The molecule has 1 amide bonds. The van der Waals surface area contributed by atoms with E-state index in [1.165, 1.54) is 0 Å². The van der Waals surface area contributed by atoms with E-state index in [-0.39, 0.29) is 5.91 Å². The molecule has 0 heterocycles. The maximum absolute atomic E-state index is 12.1. The number of nitrogen functional groups attached to an aromatic ring is 1. The van der Waals surface area contributed by atoms with Gasteiger partial charge in [-0.3, -0.25) is 4.79 Å².